The molecule has 0 saturated carbocycles. The number of hydrogen-bond acceptors (Lipinski definition) is 3. The van der Waals surface area contributed by atoms with Crippen molar-refractivity contribution in [2.24, 2.45) is 0 Å². The van der Waals surface area contributed by atoms with Gasteiger partial charge in [0, 0.05) is 5.56 Å². The number of nitriles is 1. The van der Waals surface area contributed by atoms with Gasteiger partial charge in [0.1, 0.15) is 0 Å². The highest BCUT2D eigenvalue weighted by atomic mass is 79.9. The Morgan fingerprint density at radius 1 is 1.15 bits per heavy atom. The van der Waals surface area contributed by atoms with Crippen LogP contribution in [0.15, 0.2) is 59.1 Å². The van der Waals surface area contributed by atoms with Crippen molar-refractivity contribution in [3.05, 3.63) is 70.2 Å². The Hall–Kier alpha value is -2.77. The van der Waals surface area contributed by atoms with E-state index in [1.807, 2.05) is 67.6 Å². The van der Waals surface area contributed by atoms with Gasteiger partial charge in [0.15, 0.2) is 11.5 Å². The van der Waals surface area contributed by atoms with Crippen molar-refractivity contribution in [3.63, 3.8) is 0 Å². The number of allylic oxidation sites excluding steroid dienone is 1. The Morgan fingerprint density at radius 2 is 1.92 bits per heavy atom. The summed E-state index contributed by atoms with van der Waals surface area (Å²) in [6, 6.07) is 20.2. The molecule has 0 aliphatic heterocycles. The molecule has 3 rings (SSSR count). The van der Waals surface area contributed by atoms with Crippen LogP contribution in [0.1, 0.15) is 18.1 Å². The van der Waals surface area contributed by atoms with E-state index in [2.05, 4.69) is 22.0 Å². The van der Waals surface area contributed by atoms with E-state index >= 15 is 0 Å². The van der Waals surface area contributed by atoms with Crippen molar-refractivity contribution in [2.75, 3.05) is 13.7 Å². The second-order valence-corrected chi connectivity index (χ2v) is 6.52. The lowest BCUT2D eigenvalue weighted by Crippen LogP contribution is -1.97. The van der Waals surface area contributed by atoms with Gasteiger partial charge in [0.05, 0.1) is 29.8 Å². The third-order valence-electron chi connectivity index (χ3n) is 4.05. The van der Waals surface area contributed by atoms with E-state index < -0.39 is 0 Å². The van der Waals surface area contributed by atoms with E-state index in [4.69, 9.17) is 9.47 Å². The van der Waals surface area contributed by atoms with Crippen molar-refractivity contribution >= 4 is 38.4 Å². The van der Waals surface area contributed by atoms with E-state index in [0.717, 1.165) is 26.4 Å². The molecule has 0 spiro atoms. The molecule has 3 aromatic rings. The summed E-state index contributed by atoms with van der Waals surface area (Å²) in [7, 11) is 1.60. The molecular weight excluding hydrogens is 390 g/mol. The Kier molecular flexibility index (Phi) is 5.60. The van der Waals surface area contributed by atoms with Crippen LogP contribution in [0.5, 0.6) is 11.5 Å². The zero-order chi connectivity index (χ0) is 18.5. The number of ether oxygens (including phenoxy) is 2. The molecule has 4 heteroatoms. The average molecular weight is 408 g/mol. The molecule has 0 amide bonds. The van der Waals surface area contributed by atoms with E-state index in [0.29, 0.717) is 23.7 Å². The summed E-state index contributed by atoms with van der Waals surface area (Å²) < 4.78 is 11.9. The largest absolute Gasteiger partial charge is 0.493 e. The number of methoxy groups -OCH3 is 1. The molecule has 0 unspecified atom stereocenters. The smallest absolute Gasteiger partial charge is 0.175 e. The van der Waals surface area contributed by atoms with Gasteiger partial charge in [-0.25, -0.2) is 0 Å². The molecule has 0 N–H and O–H groups in total. The maximum absolute atomic E-state index is 9.75. The maximum Gasteiger partial charge on any atom is 0.175 e. The molecule has 0 heterocycles. The lowest BCUT2D eigenvalue weighted by atomic mass is 9.97. The van der Waals surface area contributed by atoms with Crippen molar-refractivity contribution in [2.45, 2.75) is 6.92 Å². The minimum atomic E-state index is 0.545. The van der Waals surface area contributed by atoms with E-state index in [1.54, 1.807) is 7.11 Å². The van der Waals surface area contributed by atoms with Crippen LogP contribution in [0.25, 0.3) is 22.4 Å². The summed E-state index contributed by atoms with van der Waals surface area (Å²) in [5.41, 5.74) is 2.37. The molecule has 26 heavy (non-hydrogen) atoms. The highest BCUT2D eigenvalue weighted by Crippen LogP contribution is 2.38. The fourth-order valence-electron chi connectivity index (χ4n) is 2.90. The minimum Gasteiger partial charge on any atom is -0.493 e. The lowest BCUT2D eigenvalue weighted by molar-refractivity contribution is 0.309. The van der Waals surface area contributed by atoms with Crippen LogP contribution in [0.4, 0.5) is 0 Å². The van der Waals surface area contributed by atoms with Gasteiger partial charge in [-0.05, 0) is 57.4 Å². The van der Waals surface area contributed by atoms with Crippen LogP contribution < -0.4 is 9.47 Å². The molecule has 0 aliphatic rings. The molecule has 0 saturated heterocycles. The van der Waals surface area contributed by atoms with Crippen LogP contribution in [-0.4, -0.2) is 13.7 Å². The normalized spacial score (nSPS) is 11.2. The lowest BCUT2D eigenvalue weighted by Gasteiger charge is -2.12. The molecule has 3 nitrogen and oxygen atoms in total. The predicted octanol–water partition coefficient (Wildman–Crippen LogP) is 6.07. The van der Waals surface area contributed by atoms with Gasteiger partial charge in [-0.1, -0.05) is 42.5 Å². The summed E-state index contributed by atoms with van der Waals surface area (Å²) in [5.74, 6) is 1.29. The van der Waals surface area contributed by atoms with Gasteiger partial charge in [-0.15, -0.1) is 0 Å². The first-order chi connectivity index (χ1) is 12.7. The number of fused-ring (bicyclic) bond motifs is 1. The highest BCUT2D eigenvalue weighted by Gasteiger charge is 2.12. The number of rotatable bonds is 5. The minimum absolute atomic E-state index is 0.545. The van der Waals surface area contributed by atoms with Crippen LogP contribution in [0.2, 0.25) is 0 Å². The first-order valence-electron chi connectivity index (χ1n) is 8.28. The van der Waals surface area contributed by atoms with E-state index in [-0.39, 0.29) is 0 Å². The topological polar surface area (TPSA) is 42.2 Å². The molecule has 0 atom stereocenters. The zero-order valence-electron chi connectivity index (χ0n) is 14.6. The summed E-state index contributed by atoms with van der Waals surface area (Å²) in [6.45, 7) is 2.47. The van der Waals surface area contributed by atoms with E-state index in [1.165, 1.54) is 0 Å². The predicted molar refractivity (Wildman–Crippen MR) is 109 cm³/mol. The SMILES string of the molecule is CCOc1c(Br)cc(/C=C(/C#N)c2cccc3ccccc23)cc1OC. The molecule has 0 aromatic heterocycles. The quantitative estimate of drug-likeness (QED) is 0.380. The Labute approximate surface area is 161 Å². The molecule has 0 aliphatic carbocycles. The van der Waals surface area contributed by atoms with Crippen LogP contribution in [0, 0.1) is 11.3 Å². The van der Waals surface area contributed by atoms with Crippen molar-refractivity contribution in [3.8, 4) is 17.6 Å². The van der Waals surface area contributed by atoms with Crippen LogP contribution in [0.3, 0.4) is 0 Å². The van der Waals surface area contributed by atoms with Gasteiger partial charge in [0.2, 0.25) is 0 Å². The first kappa shape index (κ1) is 18.0. The molecule has 0 bridgehead atoms. The Morgan fingerprint density at radius 3 is 2.65 bits per heavy atom. The van der Waals surface area contributed by atoms with Gasteiger partial charge < -0.3 is 9.47 Å². The van der Waals surface area contributed by atoms with Crippen molar-refractivity contribution in [1.29, 1.82) is 5.26 Å². The Bertz CT molecular complexity index is 1010. The fraction of sp³-hybridized carbons (Fsp3) is 0.136. The summed E-state index contributed by atoms with van der Waals surface area (Å²) >= 11 is 3.53. The number of halogens is 1. The van der Waals surface area contributed by atoms with Crippen molar-refractivity contribution in [1.82, 2.24) is 0 Å². The zero-order valence-corrected chi connectivity index (χ0v) is 16.2. The second-order valence-electron chi connectivity index (χ2n) is 5.66. The maximum atomic E-state index is 9.75. The number of benzene rings is 3. The Balaban J connectivity index is 2.13. The first-order valence-corrected chi connectivity index (χ1v) is 9.07. The molecule has 130 valence electrons. The van der Waals surface area contributed by atoms with Crippen LogP contribution >= 0.6 is 15.9 Å². The van der Waals surface area contributed by atoms with Gasteiger partial charge in [-0.3, -0.25) is 0 Å². The third kappa shape index (κ3) is 3.58. The van der Waals surface area contributed by atoms with Crippen LogP contribution in [-0.2, 0) is 0 Å². The highest BCUT2D eigenvalue weighted by molar-refractivity contribution is 9.10. The summed E-state index contributed by atoms with van der Waals surface area (Å²) in [5, 5.41) is 11.9. The number of hydrogen-bond donors (Lipinski definition) is 0. The third-order valence-corrected chi connectivity index (χ3v) is 4.64. The standard InChI is InChI=1S/C22H18BrNO2/c1-3-26-22-20(23)12-15(13-21(22)25-2)11-17(14-24)19-10-6-8-16-7-4-5-9-18(16)19/h4-13H,3H2,1-2H3/b17-11-. The second kappa shape index (κ2) is 8.07. The average Bonchev–Trinajstić information content (AvgIpc) is 2.67. The van der Waals surface area contributed by atoms with Gasteiger partial charge in [0.25, 0.3) is 0 Å². The monoisotopic (exact) mass is 407 g/mol. The van der Waals surface area contributed by atoms with E-state index in [9.17, 15) is 5.26 Å². The van der Waals surface area contributed by atoms with Crippen molar-refractivity contribution < 1.29 is 9.47 Å². The fourth-order valence-corrected chi connectivity index (χ4v) is 3.48. The summed E-state index contributed by atoms with van der Waals surface area (Å²) in [4.78, 5) is 0. The van der Waals surface area contributed by atoms with Gasteiger partial charge in [-0.2, -0.15) is 5.26 Å². The van der Waals surface area contributed by atoms with Gasteiger partial charge >= 0.3 is 0 Å². The molecule has 0 radical (unpaired) electrons. The number of nitrogens with zero attached hydrogens (tertiary/aromatic N) is 1. The molecule has 0 fully saturated rings. The molecular formula is C22H18BrNO2. The summed E-state index contributed by atoms with van der Waals surface area (Å²) in [6.07, 6.45) is 1.87. The molecule has 3 aromatic carbocycles.